The molecule has 1 aliphatic heterocycles. The second-order valence-electron chi connectivity index (χ2n) is 7.14. The Labute approximate surface area is 168 Å². The molecular weight excluding hydrogens is 370 g/mol. The number of benzene rings is 2. The van der Waals surface area contributed by atoms with Crippen molar-refractivity contribution in [2.45, 2.75) is 25.9 Å². The van der Waals surface area contributed by atoms with Gasteiger partial charge in [-0.15, -0.1) is 0 Å². The van der Waals surface area contributed by atoms with Crippen molar-refractivity contribution in [2.75, 3.05) is 20.2 Å². The number of carbonyl (C=O) groups excluding carboxylic acids is 2. The molecule has 0 aliphatic carbocycles. The van der Waals surface area contributed by atoms with E-state index in [9.17, 15) is 9.59 Å². The van der Waals surface area contributed by atoms with Gasteiger partial charge in [0.05, 0.1) is 19.2 Å². The number of hydrogen-bond donors (Lipinski definition) is 1. The molecule has 1 saturated heterocycles. The molecule has 3 aromatic rings. The number of aromatic nitrogens is 1. The smallest absolute Gasteiger partial charge is 0.307 e. The Morgan fingerprint density at radius 2 is 2.07 bits per heavy atom. The summed E-state index contributed by atoms with van der Waals surface area (Å²) in [6.45, 7) is 3.46. The molecule has 4 rings (SSSR count). The minimum Gasteiger partial charge on any atom is -0.469 e. The highest BCUT2D eigenvalue weighted by atomic mass is 16.5. The second-order valence-corrected chi connectivity index (χ2v) is 7.14. The van der Waals surface area contributed by atoms with Gasteiger partial charge in [0.2, 0.25) is 11.8 Å². The normalized spacial score (nSPS) is 17.3. The quantitative estimate of drug-likeness (QED) is 0.671. The summed E-state index contributed by atoms with van der Waals surface area (Å²) < 4.78 is 10.7. The number of hydrogen-bond acceptors (Lipinski definition) is 6. The van der Waals surface area contributed by atoms with Crippen LogP contribution in [0.5, 0.6) is 0 Å². The minimum atomic E-state index is -0.573. The molecule has 1 N–H and O–H groups in total. The number of aryl methyl sites for hydroxylation is 1. The largest absolute Gasteiger partial charge is 0.469 e. The monoisotopic (exact) mass is 393 g/mol. The van der Waals surface area contributed by atoms with Crippen molar-refractivity contribution in [3.8, 4) is 11.5 Å². The molecule has 1 fully saturated rings. The lowest BCUT2D eigenvalue weighted by Gasteiger charge is -2.33. The summed E-state index contributed by atoms with van der Waals surface area (Å²) >= 11 is 0. The van der Waals surface area contributed by atoms with E-state index in [1.54, 1.807) is 0 Å². The third-order valence-electron chi connectivity index (χ3n) is 5.27. The first-order valence-corrected chi connectivity index (χ1v) is 9.59. The van der Waals surface area contributed by atoms with E-state index < -0.39 is 12.0 Å². The minimum absolute atomic E-state index is 0.0107. The number of rotatable bonds is 5. The number of nitrogens with one attached hydrogen (secondary N) is 1. The SMILES string of the molecule is COC(=O)C[C@H]1C(=O)NCCN1Cc1nc(-c2ccc3ccccc3c2)oc1C. The molecule has 1 atom stereocenters. The summed E-state index contributed by atoms with van der Waals surface area (Å²) in [7, 11) is 1.32. The molecule has 29 heavy (non-hydrogen) atoms. The van der Waals surface area contributed by atoms with Crippen LogP contribution < -0.4 is 5.32 Å². The van der Waals surface area contributed by atoms with E-state index in [0.717, 1.165) is 22.0 Å². The summed E-state index contributed by atoms with van der Waals surface area (Å²) in [5, 5.41) is 5.08. The molecule has 150 valence electrons. The van der Waals surface area contributed by atoms with Crippen LogP contribution in [0.25, 0.3) is 22.2 Å². The number of oxazole rings is 1. The van der Waals surface area contributed by atoms with Gasteiger partial charge in [-0.1, -0.05) is 30.3 Å². The van der Waals surface area contributed by atoms with Gasteiger partial charge in [-0.2, -0.15) is 0 Å². The number of piperazine rings is 1. The van der Waals surface area contributed by atoms with Gasteiger partial charge in [0.1, 0.15) is 11.8 Å². The summed E-state index contributed by atoms with van der Waals surface area (Å²) in [5.74, 6) is 0.675. The third-order valence-corrected chi connectivity index (χ3v) is 5.27. The van der Waals surface area contributed by atoms with Crippen molar-refractivity contribution in [3.05, 3.63) is 53.9 Å². The number of amides is 1. The topological polar surface area (TPSA) is 84.7 Å². The molecule has 0 saturated carbocycles. The van der Waals surface area contributed by atoms with Crippen LogP contribution in [-0.2, 0) is 20.9 Å². The first-order valence-electron chi connectivity index (χ1n) is 9.59. The first kappa shape index (κ1) is 19.1. The van der Waals surface area contributed by atoms with Crippen LogP contribution in [0.3, 0.4) is 0 Å². The molecule has 0 spiro atoms. The third kappa shape index (κ3) is 4.00. The maximum absolute atomic E-state index is 12.3. The average molecular weight is 393 g/mol. The average Bonchev–Trinajstić information content (AvgIpc) is 3.10. The Hall–Kier alpha value is -3.19. The number of esters is 1. The van der Waals surface area contributed by atoms with Crippen molar-refractivity contribution in [1.82, 2.24) is 15.2 Å². The Bertz CT molecular complexity index is 1060. The number of nitrogens with zero attached hydrogens (tertiary/aromatic N) is 2. The Morgan fingerprint density at radius 1 is 1.28 bits per heavy atom. The summed E-state index contributed by atoms with van der Waals surface area (Å²) in [6, 6.07) is 13.6. The molecule has 1 amide bonds. The van der Waals surface area contributed by atoms with Crippen molar-refractivity contribution >= 4 is 22.6 Å². The lowest BCUT2D eigenvalue weighted by molar-refractivity contribution is -0.146. The van der Waals surface area contributed by atoms with Gasteiger partial charge in [-0.05, 0) is 29.8 Å². The molecule has 1 aromatic heterocycles. The van der Waals surface area contributed by atoms with Gasteiger partial charge in [0.25, 0.3) is 0 Å². The standard InChI is InChI=1S/C22H23N3O4/c1-14-18(13-25-10-9-23-21(27)19(25)12-20(26)28-2)24-22(29-14)17-8-7-15-5-3-4-6-16(15)11-17/h3-8,11,19H,9-10,12-13H2,1-2H3,(H,23,27)/t19-/m0/s1. The molecule has 7 nitrogen and oxygen atoms in total. The highest BCUT2D eigenvalue weighted by Crippen LogP contribution is 2.27. The van der Waals surface area contributed by atoms with E-state index in [2.05, 4.69) is 28.5 Å². The number of methoxy groups -OCH3 is 1. The number of ether oxygens (including phenoxy) is 1. The van der Waals surface area contributed by atoms with Crippen LogP contribution in [0.4, 0.5) is 0 Å². The maximum Gasteiger partial charge on any atom is 0.307 e. The van der Waals surface area contributed by atoms with E-state index in [1.807, 2.05) is 36.1 Å². The van der Waals surface area contributed by atoms with Gasteiger partial charge in [-0.3, -0.25) is 14.5 Å². The molecule has 0 unspecified atom stereocenters. The molecule has 0 radical (unpaired) electrons. The lowest BCUT2D eigenvalue weighted by Crippen LogP contribution is -2.55. The highest BCUT2D eigenvalue weighted by molar-refractivity contribution is 5.87. The Kier molecular flexibility index (Phi) is 5.31. The lowest BCUT2D eigenvalue weighted by atomic mass is 10.1. The van der Waals surface area contributed by atoms with E-state index in [4.69, 9.17) is 9.15 Å². The fraction of sp³-hybridized carbons (Fsp3) is 0.318. The molecule has 2 heterocycles. The van der Waals surface area contributed by atoms with E-state index >= 15 is 0 Å². The van der Waals surface area contributed by atoms with Crippen molar-refractivity contribution in [2.24, 2.45) is 0 Å². The fourth-order valence-electron chi connectivity index (χ4n) is 3.63. The van der Waals surface area contributed by atoms with Crippen molar-refractivity contribution in [1.29, 1.82) is 0 Å². The van der Waals surface area contributed by atoms with Gasteiger partial charge in [-0.25, -0.2) is 4.98 Å². The zero-order valence-electron chi connectivity index (χ0n) is 16.5. The van der Waals surface area contributed by atoms with Crippen LogP contribution in [0.2, 0.25) is 0 Å². The number of fused-ring (bicyclic) bond motifs is 1. The van der Waals surface area contributed by atoms with Crippen LogP contribution in [0, 0.1) is 6.92 Å². The van der Waals surface area contributed by atoms with Gasteiger partial charge in [0.15, 0.2) is 0 Å². The van der Waals surface area contributed by atoms with E-state index in [-0.39, 0.29) is 12.3 Å². The molecule has 1 aliphatic rings. The van der Waals surface area contributed by atoms with Gasteiger partial charge in [0, 0.05) is 25.2 Å². The van der Waals surface area contributed by atoms with Gasteiger partial charge >= 0.3 is 5.97 Å². The van der Waals surface area contributed by atoms with E-state index in [0.29, 0.717) is 31.3 Å². The second kappa shape index (κ2) is 8.05. The Balaban J connectivity index is 1.58. The Morgan fingerprint density at radius 3 is 2.86 bits per heavy atom. The predicted octanol–water partition coefficient (Wildman–Crippen LogP) is 2.67. The molecule has 7 heteroatoms. The highest BCUT2D eigenvalue weighted by Gasteiger charge is 2.33. The van der Waals surface area contributed by atoms with Crippen molar-refractivity contribution < 1.29 is 18.7 Å². The van der Waals surface area contributed by atoms with E-state index in [1.165, 1.54) is 7.11 Å². The van der Waals surface area contributed by atoms with Crippen molar-refractivity contribution in [3.63, 3.8) is 0 Å². The predicted molar refractivity (Wildman–Crippen MR) is 108 cm³/mol. The van der Waals surface area contributed by atoms with Crippen LogP contribution >= 0.6 is 0 Å². The van der Waals surface area contributed by atoms with Crippen LogP contribution in [0.15, 0.2) is 46.9 Å². The van der Waals surface area contributed by atoms with Crippen LogP contribution in [0.1, 0.15) is 17.9 Å². The molecular formula is C22H23N3O4. The fourth-order valence-corrected chi connectivity index (χ4v) is 3.63. The van der Waals surface area contributed by atoms with Gasteiger partial charge < -0.3 is 14.5 Å². The maximum atomic E-state index is 12.3. The zero-order valence-corrected chi connectivity index (χ0v) is 16.5. The van der Waals surface area contributed by atoms with Crippen LogP contribution in [-0.4, -0.2) is 48.0 Å². The summed E-state index contributed by atoms with van der Waals surface area (Å²) in [5.41, 5.74) is 1.67. The zero-order chi connectivity index (χ0) is 20.4. The first-order chi connectivity index (χ1) is 14.0. The number of carbonyl (C=O) groups is 2. The molecule has 0 bridgehead atoms. The summed E-state index contributed by atoms with van der Waals surface area (Å²) in [4.78, 5) is 30.6. The molecule has 2 aromatic carbocycles. The summed E-state index contributed by atoms with van der Waals surface area (Å²) in [6.07, 6.45) is 0.0107.